The van der Waals surface area contributed by atoms with E-state index in [1.165, 1.54) is 0 Å². The van der Waals surface area contributed by atoms with E-state index in [2.05, 4.69) is 4.98 Å². The van der Waals surface area contributed by atoms with Crippen LogP contribution in [0.1, 0.15) is 11.4 Å². The maximum Gasteiger partial charge on any atom is 0.0618 e. The van der Waals surface area contributed by atoms with Crippen molar-refractivity contribution >= 4 is 11.6 Å². The van der Waals surface area contributed by atoms with Crippen molar-refractivity contribution in [2.45, 2.75) is 13.8 Å². The van der Waals surface area contributed by atoms with Crippen LogP contribution in [0.4, 0.5) is 0 Å². The van der Waals surface area contributed by atoms with Crippen LogP contribution < -0.4 is 0 Å². The number of pyridine rings is 1. The molecule has 1 heterocycles. The zero-order valence-corrected chi connectivity index (χ0v) is 6.24. The minimum Gasteiger partial charge on any atom is -0.257 e. The molecule has 0 amide bonds. The van der Waals surface area contributed by atoms with Crippen LogP contribution in [0.25, 0.3) is 0 Å². The van der Waals surface area contributed by atoms with Gasteiger partial charge >= 0.3 is 0 Å². The predicted octanol–water partition coefficient (Wildman–Crippen LogP) is 2.35. The fraction of sp³-hybridized carbons (Fsp3) is 0.286. The Labute approximate surface area is 59.7 Å². The molecule has 1 aromatic rings. The maximum atomic E-state index is 5.72. The van der Waals surface area contributed by atoms with E-state index < -0.39 is 0 Å². The molecule has 0 aromatic carbocycles. The van der Waals surface area contributed by atoms with Gasteiger partial charge in [0.15, 0.2) is 0 Å². The van der Waals surface area contributed by atoms with E-state index >= 15 is 0 Å². The van der Waals surface area contributed by atoms with Crippen molar-refractivity contribution in [1.82, 2.24) is 4.98 Å². The summed E-state index contributed by atoms with van der Waals surface area (Å²) in [6.07, 6.45) is 0. The molecule has 9 heavy (non-hydrogen) atoms. The average molecular weight is 142 g/mol. The first-order valence-corrected chi connectivity index (χ1v) is 3.17. The highest BCUT2D eigenvalue weighted by molar-refractivity contribution is 6.31. The Kier molecular flexibility index (Phi) is 1.72. The third kappa shape index (κ3) is 1.42. The first kappa shape index (κ1) is 6.56. The van der Waals surface area contributed by atoms with Gasteiger partial charge in [0.25, 0.3) is 0 Å². The number of hydrogen-bond donors (Lipinski definition) is 0. The average Bonchev–Trinajstić information content (AvgIpc) is 1.80. The second kappa shape index (κ2) is 2.36. The summed E-state index contributed by atoms with van der Waals surface area (Å²) < 4.78 is 0. The summed E-state index contributed by atoms with van der Waals surface area (Å²) in [5.41, 5.74) is 1.91. The molecule has 1 nitrogen and oxygen atoms in total. The highest BCUT2D eigenvalue weighted by Gasteiger charge is 1.92. The van der Waals surface area contributed by atoms with Crippen LogP contribution in [-0.4, -0.2) is 4.98 Å². The first-order chi connectivity index (χ1) is 4.20. The van der Waals surface area contributed by atoms with Gasteiger partial charge in [-0.25, -0.2) is 0 Å². The molecule has 2 heteroatoms. The molecular formula is C7H8ClN. The van der Waals surface area contributed by atoms with Crippen LogP contribution in [0.5, 0.6) is 0 Å². The van der Waals surface area contributed by atoms with Crippen molar-refractivity contribution in [3.8, 4) is 0 Å². The van der Waals surface area contributed by atoms with Crippen LogP contribution in [0.15, 0.2) is 12.1 Å². The lowest BCUT2D eigenvalue weighted by Gasteiger charge is -1.95. The number of aromatic nitrogens is 1. The summed E-state index contributed by atoms with van der Waals surface area (Å²) in [5, 5.41) is 0.737. The molecule has 0 spiro atoms. The molecule has 0 unspecified atom stereocenters. The van der Waals surface area contributed by atoms with Crippen molar-refractivity contribution in [1.29, 1.82) is 0 Å². The smallest absolute Gasteiger partial charge is 0.0618 e. The Morgan fingerprint density at radius 3 is 2.44 bits per heavy atom. The van der Waals surface area contributed by atoms with E-state index in [1.807, 2.05) is 26.0 Å². The lowest BCUT2D eigenvalue weighted by atomic mass is 10.3. The van der Waals surface area contributed by atoms with Crippen molar-refractivity contribution < 1.29 is 0 Å². The molecule has 0 saturated carbocycles. The zero-order chi connectivity index (χ0) is 6.85. The van der Waals surface area contributed by atoms with Crippen molar-refractivity contribution in [2.24, 2.45) is 0 Å². The van der Waals surface area contributed by atoms with Gasteiger partial charge in [0, 0.05) is 5.69 Å². The van der Waals surface area contributed by atoms with Crippen LogP contribution >= 0.6 is 11.6 Å². The van der Waals surface area contributed by atoms with Crippen molar-refractivity contribution in [3.63, 3.8) is 0 Å². The van der Waals surface area contributed by atoms with E-state index in [1.54, 1.807) is 0 Å². The molecule has 0 fully saturated rings. The summed E-state index contributed by atoms with van der Waals surface area (Å²) in [5.74, 6) is 0. The van der Waals surface area contributed by atoms with E-state index in [-0.39, 0.29) is 0 Å². The standard InChI is InChI=1S/C7H8ClN/c1-5-3-4-7(8)6(2)9-5/h3-4H,1-2H3. The highest BCUT2D eigenvalue weighted by atomic mass is 35.5. The Morgan fingerprint density at radius 1 is 1.33 bits per heavy atom. The molecule has 0 N–H and O–H groups in total. The lowest BCUT2D eigenvalue weighted by Crippen LogP contribution is -1.84. The first-order valence-electron chi connectivity index (χ1n) is 2.80. The number of aryl methyl sites for hydroxylation is 2. The molecule has 0 atom stereocenters. The van der Waals surface area contributed by atoms with E-state index in [0.29, 0.717) is 0 Å². The maximum absolute atomic E-state index is 5.72. The van der Waals surface area contributed by atoms with Gasteiger partial charge in [0.1, 0.15) is 0 Å². The van der Waals surface area contributed by atoms with Crippen LogP contribution in [0, 0.1) is 13.8 Å². The molecule has 48 valence electrons. The summed E-state index contributed by atoms with van der Waals surface area (Å²) in [6, 6.07) is 3.76. The van der Waals surface area contributed by atoms with Gasteiger partial charge in [-0.2, -0.15) is 0 Å². The molecule has 0 saturated heterocycles. The number of rotatable bonds is 0. The van der Waals surface area contributed by atoms with Crippen LogP contribution in [0.2, 0.25) is 5.02 Å². The molecule has 0 aliphatic heterocycles. The number of nitrogens with zero attached hydrogens (tertiary/aromatic N) is 1. The minimum atomic E-state index is 0.737. The fourth-order valence-corrected chi connectivity index (χ4v) is 0.775. The Morgan fingerprint density at radius 2 is 2.00 bits per heavy atom. The third-order valence-corrected chi connectivity index (χ3v) is 1.56. The van der Waals surface area contributed by atoms with Crippen LogP contribution in [-0.2, 0) is 0 Å². The number of hydrogen-bond acceptors (Lipinski definition) is 1. The van der Waals surface area contributed by atoms with E-state index in [0.717, 1.165) is 16.4 Å². The second-order valence-electron chi connectivity index (χ2n) is 2.02. The fourth-order valence-electron chi connectivity index (χ4n) is 0.670. The zero-order valence-electron chi connectivity index (χ0n) is 5.48. The lowest BCUT2D eigenvalue weighted by molar-refractivity contribution is 1.12. The van der Waals surface area contributed by atoms with E-state index in [4.69, 9.17) is 11.6 Å². The van der Waals surface area contributed by atoms with Gasteiger partial charge in [-0.3, -0.25) is 4.98 Å². The second-order valence-corrected chi connectivity index (χ2v) is 2.43. The molecule has 1 rings (SSSR count). The monoisotopic (exact) mass is 141 g/mol. The van der Waals surface area contributed by atoms with Gasteiger partial charge in [-0.05, 0) is 26.0 Å². The molecule has 0 bridgehead atoms. The quantitative estimate of drug-likeness (QED) is 0.541. The van der Waals surface area contributed by atoms with Gasteiger partial charge in [-0.1, -0.05) is 11.6 Å². The summed E-state index contributed by atoms with van der Waals surface area (Å²) >= 11 is 5.72. The van der Waals surface area contributed by atoms with Crippen molar-refractivity contribution in [2.75, 3.05) is 0 Å². The van der Waals surface area contributed by atoms with E-state index in [9.17, 15) is 0 Å². The van der Waals surface area contributed by atoms with Gasteiger partial charge in [0.05, 0.1) is 10.7 Å². The predicted molar refractivity (Wildman–Crippen MR) is 38.7 cm³/mol. The highest BCUT2D eigenvalue weighted by Crippen LogP contribution is 2.11. The molecular weight excluding hydrogens is 134 g/mol. The molecule has 0 aliphatic carbocycles. The SMILES string of the molecule is Cc1ccc(Cl)c(C)n1. The van der Waals surface area contributed by atoms with Gasteiger partial charge in [-0.15, -0.1) is 0 Å². The largest absolute Gasteiger partial charge is 0.257 e. The normalized spacial score (nSPS) is 9.67. The Balaban J connectivity index is 3.17. The topological polar surface area (TPSA) is 12.9 Å². The summed E-state index contributed by atoms with van der Waals surface area (Å²) in [4.78, 5) is 4.14. The molecule has 1 aromatic heterocycles. The minimum absolute atomic E-state index is 0.737. The summed E-state index contributed by atoms with van der Waals surface area (Å²) in [6.45, 7) is 3.85. The molecule has 0 aliphatic rings. The third-order valence-electron chi connectivity index (χ3n) is 1.16. The number of halogens is 1. The summed E-state index contributed by atoms with van der Waals surface area (Å²) in [7, 11) is 0. The van der Waals surface area contributed by atoms with Gasteiger partial charge < -0.3 is 0 Å². The van der Waals surface area contributed by atoms with Crippen molar-refractivity contribution in [3.05, 3.63) is 28.5 Å². The molecule has 0 radical (unpaired) electrons. The van der Waals surface area contributed by atoms with Crippen LogP contribution in [0.3, 0.4) is 0 Å². The Hall–Kier alpha value is -0.560. The Bertz CT molecular complexity index is 220. The van der Waals surface area contributed by atoms with Gasteiger partial charge in [0.2, 0.25) is 0 Å².